The fraction of sp³-hybridized carbons (Fsp3) is 0.700. The Balaban J connectivity index is 2.84. The highest BCUT2D eigenvalue weighted by atomic mass is 127. The Bertz CT molecular complexity index is 545. The molecule has 4 heteroatoms. The summed E-state index contributed by atoms with van der Waals surface area (Å²) in [6.07, 6.45) is 6.30. The van der Waals surface area contributed by atoms with E-state index in [1.165, 1.54) is 6.07 Å². The van der Waals surface area contributed by atoms with Gasteiger partial charge in [-0.05, 0) is 55.6 Å². The number of aryl methyl sites for hydroxylation is 1. The minimum Gasteiger partial charge on any atom is -0.507 e. The van der Waals surface area contributed by atoms with Crippen molar-refractivity contribution in [3.05, 3.63) is 17.2 Å². The van der Waals surface area contributed by atoms with E-state index in [1.54, 1.807) is 0 Å². The molecule has 1 rings (SSSR count). The lowest BCUT2D eigenvalue weighted by Crippen LogP contribution is -2.10. The fourth-order valence-electron chi connectivity index (χ4n) is 2.81. The highest BCUT2D eigenvalue weighted by Gasteiger charge is 2.20. The minimum absolute atomic E-state index is 0.124. The van der Waals surface area contributed by atoms with E-state index >= 15 is 0 Å². The smallest absolute Gasteiger partial charge is 0.164 e. The van der Waals surface area contributed by atoms with E-state index in [0.717, 1.165) is 37.7 Å². The number of phenols is 3. The van der Waals surface area contributed by atoms with Crippen LogP contribution in [0.1, 0.15) is 77.8 Å². The number of aromatic hydroxyl groups is 3. The number of halogens is 1. The molecule has 0 aromatic heterocycles. The Kier molecular flexibility index (Phi) is 7.70. The van der Waals surface area contributed by atoms with E-state index in [2.05, 4.69) is 57.2 Å². The highest BCUT2D eigenvalue weighted by molar-refractivity contribution is 14.1. The summed E-state index contributed by atoms with van der Waals surface area (Å²) in [5, 5.41) is 30.7. The minimum atomic E-state index is -0.170. The lowest BCUT2D eigenvalue weighted by atomic mass is 9.84. The number of alkyl halides is 1. The summed E-state index contributed by atoms with van der Waals surface area (Å²) in [6, 6.07) is 1.51. The molecule has 0 fully saturated rings. The molecule has 0 aliphatic rings. The molecule has 0 bridgehead atoms. The normalized spacial score (nSPS) is 12.6. The maximum absolute atomic E-state index is 10.5. The Morgan fingerprint density at radius 2 is 1.50 bits per heavy atom. The second kappa shape index (κ2) is 8.63. The summed E-state index contributed by atoms with van der Waals surface area (Å²) < 4.78 is 0.189. The van der Waals surface area contributed by atoms with E-state index in [4.69, 9.17) is 0 Å². The molecule has 24 heavy (non-hydrogen) atoms. The molecule has 0 unspecified atom stereocenters. The Labute approximate surface area is 160 Å². The van der Waals surface area contributed by atoms with Crippen LogP contribution >= 0.6 is 22.6 Å². The van der Waals surface area contributed by atoms with E-state index in [1.807, 2.05) is 0 Å². The van der Waals surface area contributed by atoms with Gasteiger partial charge in [0, 0.05) is 8.99 Å². The van der Waals surface area contributed by atoms with Crippen LogP contribution in [-0.2, 0) is 12.8 Å². The summed E-state index contributed by atoms with van der Waals surface area (Å²) in [5.74, 6) is -0.136. The third kappa shape index (κ3) is 6.69. The van der Waals surface area contributed by atoms with Gasteiger partial charge in [0.05, 0.1) is 0 Å². The van der Waals surface area contributed by atoms with Crippen molar-refractivity contribution in [3.8, 4) is 17.2 Å². The first-order chi connectivity index (χ1) is 11.0. The van der Waals surface area contributed by atoms with Crippen LogP contribution < -0.4 is 0 Å². The summed E-state index contributed by atoms with van der Waals surface area (Å²) in [7, 11) is 0. The number of hydrogen-bond acceptors (Lipinski definition) is 3. The van der Waals surface area contributed by atoms with Gasteiger partial charge in [0.2, 0.25) is 0 Å². The maximum Gasteiger partial charge on any atom is 0.164 e. The van der Waals surface area contributed by atoms with E-state index < -0.39 is 0 Å². The molecule has 138 valence electrons. The predicted molar refractivity (Wildman–Crippen MR) is 109 cm³/mol. The topological polar surface area (TPSA) is 60.7 Å². The first-order valence-electron chi connectivity index (χ1n) is 8.91. The number of hydrogen-bond donors (Lipinski definition) is 3. The van der Waals surface area contributed by atoms with Gasteiger partial charge in [-0.25, -0.2) is 0 Å². The second-order valence-electron chi connectivity index (χ2n) is 8.17. The van der Waals surface area contributed by atoms with Gasteiger partial charge in [0.25, 0.3) is 0 Å². The molecule has 0 aliphatic heterocycles. The van der Waals surface area contributed by atoms with Crippen LogP contribution in [0.3, 0.4) is 0 Å². The highest BCUT2D eigenvalue weighted by Crippen LogP contribution is 2.41. The molecule has 0 atom stereocenters. The van der Waals surface area contributed by atoms with E-state index in [9.17, 15) is 15.3 Å². The lowest BCUT2D eigenvalue weighted by Gasteiger charge is -2.22. The van der Waals surface area contributed by atoms with Crippen molar-refractivity contribution < 1.29 is 15.3 Å². The summed E-state index contributed by atoms with van der Waals surface area (Å²) in [6.45, 7) is 11.0. The van der Waals surface area contributed by atoms with Crippen LogP contribution in [0.2, 0.25) is 0 Å². The molecule has 0 spiro atoms. The van der Waals surface area contributed by atoms with Crippen LogP contribution in [0.5, 0.6) is 17.2 Å². The molecule has 3 nitrogen and oxygen atoms in total. The zero-order chi connectivity index (χ0) is 18.5. The Morgan fingerprint density at radius 3 is 2.04 bits per heavy atom. The molecule has 0 saturated carbocycles. The van der Waals surface area contributed by atoms with Gasteiger partial charge in [-0.3, -0.25) is 0 Å². The lowest BCUT2D eigenvalue weighted by molar-refractivity contribution is 0.312. The van der Waals surface area contributed by atoms with Crippen molar-refractivity contribution in [2.75, 3.05) is 0 Å². The van der Waals surface area contributed by atoms with Crippen molar-refractivity contribution >= 4 is 22.6 Å². The van der Waals surface area contributed by atoms with Crippen molar-refractivity contribution in [1.82, 2.24) is 0 Å². The zero-order valence-corrected chi connectivity index (χ0v) is 17.9. The monoisotopic (exact) mass is 448 g/mol. The zero-order valence-electron chi connectivity index (χ0n) is 15.7. The molecule has 1 aromatic rings. The molecule has 1 aromatic carbocycles. The maximum atomic E-state index is 10.5. The Hall–Kier alpha value is -0.650. The quantitative estimate of drug-likeness (QED) is 0.185. The molecule has 0 heterocycles. The third-order valence-electron chi connectivity index (χ3n) is 4.88. The molecule has 0 amide bonds. The van der Waals surface area contributed by atoms with Crippen molar-refractivity contribution in [3.63, 3.8) is 0 Å². The number of rotatable bonds is 9. The second-order valence-corrected chi connectivity index (χ2v) is 11.1. The standard InChI is InChI=1S/C20H33IO3/c1-6-19(2,3)11-7-9-14-13-16(22)18(24)15(17(14)23)10-8-12-20(4,5)21/h13,22-24H,6-12H2,1-5H3. The predicted octanol–water partition coefficient (Wildman–Crippen LogP) is 6.10. The van der Waals surface area contributed by atoms with Gasteiger partial charge >= 0.3 is 0 Å². The van der Waals surface area contributed by atoms with Crippen molar-refractivity contribution in [1.29, 1.82) is 0 Å². The average molecular weight is 448 g/mol. The molecule has 0 radical (unpaired) electrons. The van der Waals surface area contributed by atoms with Crippen LogP contribution in [0.4, 0.5) is 0 Å². The van der Waals surface area contributed by atoms with Gasteiger partial charge in [-0.15, -0.1) is 0 Å². The van der Waals surface area contributed by atoms with Gasteiger partial charge in [-0.1, -0.05) is 63.6 Å². The summed E-state index contributed by atoms with van der Waals surface area (Å²) >= 11 is 2.40. The molecule has 0 aliphatic carbocycles. The summed E-state index contributed by atoms with van der Waals surface area (Å²) in [5.41, 5.74) is 1.52. The summed E-state index contributed by atoms with van der Waals surface area (Å²) in [4.78, 5) is 0. The molecular formula is C20H33IO3. The van der Waals surface area contributed by atoms with E-state index in [0.29, 0.717) is 23.8 Å². The van der Waals surface area contributed by atoms with E-state index in [-0.39, 0.29) is 20.7 Å². The van der Waals surface area contributed by atoms with Gasteiger partial charge < -0.3 is 15.3 Å². The number of phenolic OH excluding ortho intramolecular Hbond substituents is 3. The Morgan fingerprint density at radius 1 is 0.917 bits per heavy atom. The third-order valence-corrected chi connectivity index (χ3v) is 5.42. The first kappa shape index (κ1) is 21.4. The van der Waals surface area contributed by atoms with Crippen molar-refractivity contribution in [2.45, 2.75) is 83.0 Å². The van der Waals surface area contributed by atoms with Crippen LogP contribution in [-0.4, -0.2) is 18.7 Å². The number of benzene rings is 1. The van der Waals surface area contributed by atoms with Crippen LogP contribution in [0.15, 0.2) is 6.07 Å². The SMILES string of the molecule is CCC(C)(C)CCCc1cc(O)c(O)c(CCCC(C)(C)I)c1O. The average Bonchev–Trinajstić information content (AvgIpc) is 2.46. The molecule has 0 saturated heterocycles. The van der Waals surface area contributed by atoms with Crippen LogP contribution in [0.25, 0.3) is 0 Å². The fourth-order valence-corrected chi connectivity index (χ4v) is 3.19. The first-order valence-corrected chi connectivity index (χ1v) is 9.99. The van der Waals surface area contributed by atoms with Gasteiger partial charge in [0.15, 0.2) is 11.5 Å². The van der Waals surface area contributed by atoms with Crippen LogP contribution in [0, 0.1) is 5.41 Å². The molecule has 3 N–H and O–H groups in total. The van der Waals surface area contributed by atoms with Gasteiger partial charge in [-0.2, -0.15) is 0 Å². The largest absolute Gasteiger partial charge is 0.507 e. The van der Waals surface area contributed by atoms with Gasteiger partial charge in [0.1, 0.15) is 5.75 Å². The van der Waals surface area contributed by atoms with Crippen molar-refractivity contribution in [2.24, 2.45) is 5.41 Å². The molecular weight excluding hydrogens is 415 g/mol.